The number of hydrogen-bond acceptors (Lipinski definition) is 5. The van der Waals surface area contributed by atoms with Gasteiger partial charge in [0.2, 0.25) is 21.8 Å². The molecule has 0 spiro atoms. The van der Waals surface area contributed by atoms with Gasteiger partial charge in [0.25, 0.3) is 0 Å². The zero-order valence-corrected chi connectivity index (χ0v) is 28.6. The van der Waals surface area contributed by atoms with Crippen molar-refractivity contribution in [2.45, 2.75) is 70.7 Å². The van der Waals surface area contributed by atoms with E-state index in [1.165, 1.54) is 0 Å². The monoisotopic (exact) mass is 667 g/mol. The van der Waals surface area contributed by atoms with Crippen molar-refractivity contribution in [2.75, 3.05) is 17.1 Å². The predicted molar refractivity (Wildman–Crippen MR) is 190 cm³/mol. The molecule has 0 radical (unpaired) electrons. The molecule has 9 heteroatoms. The van der Waals surface area contributed by atoms with E-state index < -0.39 is 28.5 Å². The summed E-state index contributed by atoms with van der Waals surface area (Å²) in [6, 6.07) is 33.0. The molecule has 48 heavy (non-hydrogen) atoms. The van der Waals surface area contributed by atoms with Crippen molar-refractivity contribution in [3.05, 3.63) is 131 Å². The van der Waals surface area contributed by atoms with Gasteiger partial charge in [-0.15, -0.1) is 0 Å². The SMILES string of the molecule is Cc1ccccc1CN(C(=O)CN(c1ccc(OCc2ccccc2)cc1)S(C)(=O)=O)[C@@H](Cc1ccccc1)C(=O)NC1CCCCC1. The van der Waals surface area contributed by atoms with E-state index in [0.29, 0.717) is 24.5 Å². The first kappa shape index (κ1) is 34.7. The topological polar surface area (TPSA) is 96.0 Å². The van der Waals surface area contributed by atoms with Crippen LogP contribution in [-0.4, -0.2) is 50.0 Å². The van der Waals surface area contributed by atoms with Crippen LogP contribution < -0.4 is 14.4 Å². The molecule has 5 rings (SSSR count). The number of sulfonamides is 1. The van der Waals surface area contributed by atoms with Crippen LogP contribution >= 0.6 is 0 Å². The Balaban J connectivity index is 1.44. The van der Waals surface area contributed by atoms with Crippen molar-refractivity contribution >= 4 is 27.5 Å². The largest absolute Gasteiger partial charge is 0.489 e. The number of rotatable bonds is 14. The van der Waals surface area contributed by atoms with Crippen molar-refractivity contribution in [3.8, 4) is 5.75 Å². The Morgan fingerprint density at radius 2 is 1.42 bits per heavy atom. The molecule has 252 valence electrons. The van der Waals surface area contributed by atoms with E-state index in [2.05, 4.69) is 5.32 Å². The van der Waals surface area contributed by atoms with Gasteiger partial charge in [0.1, 0.15) is 24.9 Å². The Hall–Kier alpha value is -4.63. The minimum atomic E-state index is -3.88. The van der Waals surface area contributed by atoms with Crippen LogP contribution in [0.2, 0.25) is 0 Å². The summed E-state index contributed by atoms with van der Waals surface area (Å²) < 4.78 is 33.4. The van der Waals surface area contributed by atoms with Crippen LogP contribution in [0.15, 0.2) is 109 Å². The van der Waals surface area contributed by atoms with E-state index in [1.807, 2.05) is 91.9 Å². The summed E-state index contributed by atoms with van der Waals surface area (Å²) in [7, 11) is -3.88. The highest BCUT2D eigenvalue weighted by Crippen LogP contribution is 2.25. The van der Waals surface area contributed by atoms with Gasteiger partial charge in [-0.25, -0.2) is 8.42 Å². The number of hydrogen-bond donors (Lipinski definition) is 1. The number of amides is 2. The number of nitrogens with one attached hydrogen (secondary N) is 1. The molecule has 0 heterocycles. The molecular weight excluding hydrogens is 623 g/mol. The van der Waals surface area contributed by atoms with E-state index in [4.69, 9.17) is 4.74 Å². The zero-order chi connectivity index (χ0) is 33.9. The molecule has 8 nitrogen and oxygen atoms in total. The first-order chi connectivity index (χ1) is 23.2. The molecule has 4 aromatic carbocycles. The van der Waals surface area contributed by atoms with Crippen LogP contribution in [0.3, 0.4) is 0 Å². The highest BCUT2D eigenvalue weighted by molar-refractivity contribution is 7.92. The van der Waals surface area contributed by atoms with Crippen molar-refractivity contribution in [1.29, 1.82) is 0 Å². The van der Waals surface area contributed by atoms with Gasteiger partial charge in [-0.2, -0.15) is 0 Å². The van der Waals surface area contributed by atoms with Crippen LogP contribution in [-0.2, 0) is 39.2 Å². The second-order valence-electron chi connectivity index (χ2n) is 12.5. The van der Waals surface area contributed by atoms with E-state index in [0.717, 1.165) is 64.9 Å². The summed E-state index contributed by atoms with van der Waals surface area (Å²) in [6.45, 7) is 2.03. The lowest BCUT2D eigenvalue weighted by Gasteiger charge is -2.35. The van der Waals surface area contributed by atoms with Crippen LogP contribution in [0.4, 0.5) is 5.69 Å². The summed E-state index contributed by atoms with van der Waals surface area (Å²) in [5, 5.41) is 3.24. The van der Waals surface area contributed by atoms with Crippen molar-refractivity contribution in [1.82, 2.24) is 10.2 Å². The van der Waals surface area contributed by atoms with Crippen LogP contribution in [0.25, 0.3) is 0 Å². The molecule has 0 aliphatic heterocycles. The molecule has 1 saturated carbocycles. The number of nitrogens with zero attached hydrogens (tertiary/aromatic N) is 2. The maximum absolute atomic E-state index is 14.5. The molecule has 4 aromatic rings. The third-order valence-electron chi connectivity index (χ3n) is 8.88. The van der Waals surface area contributed by atoms with Crippen LogP contribution in [0.1, 0.15) is 54.4 Å². The molecule has 1 aliphatic rings. The first-order valence-corrected chi connectivity index (χ1v) is 18.4. The smallest absolute Gasteiger partial charge is 0.244 e. The minimum Gasteiger partial charge on any atom is -0.489 e. The fraction of sp³-hybridized carbons (Fsp3) is 0.333. The van der Waals surface area contributed by atoms with Gasteiger partial charge in [0.05, 0.1) is 11.9 Å². The molecule has 0 bridgehead atoms. The summed E-state index contributed by atoms with van der Waals surface area (Å²) in [6.07, 6.45) is 6.45. The average Bonchev–Trinajstić information content (AvgIpc) is 3.09. The van der Waals surface area contributed by atoms with Gasteiger partial charge in [-0.05, 0) is 66.3 Å². The maximum Gasteiger partial charge on any atom is 0.244 e. The van der Waals surface area contributed by atoms with Gasteiger partial charge >= 0.3 is 0 Å². The minimum absolute atomic E-state index is 0.0510. The highest BCUT2D eigenvalue weighted by atomic mass is 32.2. The van der Waals surface area contributed by atoms with Gasteiger partial charge in [-0.3, -0.25) is 13.9 Å². The highest BCUT2D eigenvalue weighted by Gasteiger charge is 2.34. The van der Waals surface area contributed by atoms with Gasteiger partial charge in [0, 0.05) is 19.0 Å². The Morgan fingerprint density at radius 1 is 0.812 bits per heavy atom. The summed E-state index contributed by atoms with van der Waals surface area (Å²) >= 11 is 0. The molecule has 0 unspecified atom stereocenters. The molecule has 0 saturated heterocycles. The van der Waals surface area contributed by atoms with E-state index in [9.17, 15) is 18.0 Å². The fourth-order valence-electron chi connectivity index (χ4n) is 6.13. The summed E-state index contributed by atoms with van der Waals surface area (Å²) in [4.78, 5) is 30.2. The normalized spacial score (nSPS) is 14.1. The predicted octanol–water partition coefficient (Wildman–Crippen LogP) is 6.43. The molecular formula is C39H45N3O5S. The zero-order valence-electron chi connectivity index (χ0n) is 27.8. The molecule has 1 atom stereocenters. The lowest BCUT2D eigenvalue weighted by molar-refractivity contribution is -0.140. The average molecular weight is 668 g/mol. The van der Waals surface area contributed by atoms with E-state index >= 15 is 0 Å². The number of carbonyl (C=O) groups is 2. The quantitative estimate of drug-likeness (QED) is 0.167. The van der Waals surface area contributed by atoms with Crippen LogP contribution in [0, 0.1) is 6.92 Å². The maximum atomic E-state index is 14.5. The molecule has 0 aromatic heterocycles. The van der Waals surface area contributed by atoms with E-state index in [-0.39, 0.29) is 18.5 Å². The number of aryl methyl sites for hydroxylation is 1. The van der Waals surface area contributed by atoms with E-state index in [1.54, 1.807) is 29.2 Å². The Labute approximate surface area is 284 Å². The molecule has 1 aliphatic carbocycles. The number of benzene rings is 4. The van der Waals surface area contributed by atoms with Gasteiger partial charge in [0.15, 0.2) is 0 Å². The Morgan fingerprint density at radius 3 is 2.04 bits per heavy atom. The second kappa shape index (κ2) is 16.5. The third kappa shape index (κ3) is 9.70. The standard InChI is InChI=1S/C39H45N3O5S/c1-30-14-12-13-19-33(30)27-41(37(26-31-15-6-3-7-16-31)39(44)40-34-20-10-5-11-21-34)38(43)28-42(48(2,45)46)35-22-24-36(25-23-35)47-29-32-17-8-4-9-18-32/h3-4,6-9,12-19,22-25,34,37H,5,10-11,20-21,26-29H2,1-2H3,(H,40,44)/t37-/m0/s1. The fourth-order valence-corrected chi connectivity index (χ4v) is 6.98. The summed E-state index contributed by atoms with van der Waals surface area (Å²) in [5.41, 5.74) is 4.12. The number of carbonyl (C=O) groups excluding carboxylic acids is 2. The van der Waals surface area contributed by atoms with Gasteiger partial charge < -0.3 is 15.0 Å². The Kier molecular flexibility index (Phi) is 11.9. The van der Waals surface area contributed by atoms with Crippen molar-refractivity contribution < 1.29 is 22.7 Å². The molecule has 1 fully saturated rings. The summed E-state index contributed by atoms with van der Waals surface area (Å²) in [5.74, 6) is -0.114. The number of anilines is 1. The van der Waals surface area contributed by atoms with Crippen molar-refractivity contribution in [3.63, 3.8) is 0 Å². The van der Waals surface area contributed by atoms with Gasteiger partial charge in [-0.1, -0.05) is 104 Å². The molecule has 1 N–H and O–H groups in total. The van der Waals surface area contributed by atoms with Crippen LogP contribution in [0.5, 0.6) is 5.75 Å². The molecule has 2 amide bonds. The lowest BCUT2D eigenvalue weighted by Crippen LogP contribution is -2.55. The second-order valence-corrected chi connectivity index (χ2v) is 14.4. The third-order valence-corrected chi connectivity index (χ3v) is 10.0. The Bertz CT molecular complexity index is 1740. The number of ether oxygens (including phenoxy) is 1. The first-order valence-electron chi connectivity index (χ1n) is 16.6. The van der Waals surface area contributed by atoms with Crippen molar-refractivity contribution in [2.24, 2.45) is 0 Å². The lowest BCUT2D eigenvalue weighted by atomic mass is 9.94.